The van der Waals surface area contributed by atoms with E-state index in [-0.39, 0.29) is 5.91 Å². The fourth-order valence-corrected chi connectivity index (χ4v) is 2.13. The maximum Gasteiger partial charge on any atom is 0.217 e. The fourth-order valence-electron chi connectivity index (χ4n) is 2.13. The molecule has 4 nitrogen and oxygen atoms in total. The van der Waals surface area contributed by atoms with Gasteiger partial charge in [-0.15, -0.1) is 0 Å². The predicted octanol–water partition coefficient (Wildman–Crippen LogP) is 0.183. The van der Waals surface area contributed by atoms with Crippen LogP contribution in [-0.4, -0.2) is 44.0 Å². The van der Waals surface area contributed by atoms with E-state index < -0.39 is 0 Å². The first-order chi connectivity index (χ1) is 7.18. The van der Waals surface area contributed by atoms with Crippen LogP contribution in [0.5, 0.6) is 0 Å². The van der Waals surface area contributed by atoms with E-state index >= 15 is 0 Å². The van der Waals surface area contributed by atoms with Crippen molar-refractivity contribution < 1.29 is 4.79 Å². The van der Waals surface area contributed by atoms with E-state index in [4.69, 9.17) is 5.73 Å². The molecule has 1 atom stereocenters. The molecule has 0 aromatic rings. The monoisotopic (exact) mass is 213 g/mol. The number of nitrogens with one attached hydrogen (secondary N) is 1. The molecule has 0 spiro atoms. The van der Waals surface area contributed by atoms with Gasteiger partial charge >= 0.3 is 0 Å². The maximum absolute atomic E-state index is 10.5. The van der Waals surface area contributed by atoms with Crippen LogP contribution in [0.1, 0.15) is 25.7 Å². The highest BCUT2D eigenvalue weighted by Gasteiger charge is 2.16. The van der Waals surface area contributed by atoms with Gasteiger partial charge < -0.3 is 16.0 Å². The van der Waals surface area contributed by atoms with E-state index in [1.807, 2.05) is 0 Å². The summed E-state index contributed by atoms with van der Waals surface area (Å²) in [5.74, 6) is 0.575. The molecule has 0 aliphatic carbocycles. The van der Waals surface area contributed by atoms with Crippen molar-refractivity contribution in [3.05, 3.63) is 0 Å². The number of primary amides is 1. The van der Waals surface area contributed by atoms with Gasteiger partial charge in [0.25, 0.3) is 0 Å². The third-order valence-electron chi connectivity index (χ3n) is 2.93. The number of carbonyl (C=O) groups excluding carboxylic acids is 1. The lowest BCUT2D eigenvalue weighted by Crippen LogP contribution is -2.37. The lowest BCUT2D eigenvalue weighted by molar-refractivity contribution is -0.118. The maximum atomic E-state index is 10.5. The Balaban J connectivity index is 1.97. The Kier molecular flexibility index (Phi) is 5.65. The molecule has 0 saturated carbocycles. The van der Waals surface area contributed by atoms with Crippen molar-refractivity contribution in [2.45, 2.75) is 25.7 Å². The Hall–Kier alpha value is -0.610. The van der Waals surface area contributed by atoms with Gasteiger partial charge in [-0.3, -0.25) is 4.79 Å². The van der Waals surface area contributed by atoms with Crippen molar-refractivity contribution in [3.8, 4) is 0 Å². The first-order valence-electron chi connectivity index (χ1n) is 5.86. The highest BCUT2D eigenvalue weighted by Crippen LogP contribution is 2.13. The molecule has 0 radical (unpaired) electrons. The minimum Gasteiger partial charge on any atom is -0.370 e. The van der Waals surface area contributed by atoms with Gasteiger partial charge in [-0.2, -0.15) is 0 Å². The van der Waals surface area contributed by atoms with Crippen LogP contribution in [0, 0.1) is 5.92 Å². The number of likely N-dealkylation sites (tertiary alicyclic amines) is 1. The molecule has 1 saturated heterocycles. The summed E-state index contributed by atoms with van der Waals surface area (Å²) < 4.78 is 0. The molecule has 1 unspecified atom stereocenters. The van der Waals surface area contributed by atoms with Crippen LogP contribution in [0.2, 0.25) is 0 Å². The van der Waals surface area contributed by atoms with E-state index in [2.05, 4.69) is 17.3 Å². The molecule has 0 aromatic carbocycles. The average molecular weight is 213 g/mol. The second kappa shape index (κ2) is 6.80. The fraction of sp³-hybridized carbons (Fsp3) is 0.909. The van der Waals surface area contributed by atoms with Gasteiger partial charge in [0.05, 0.1) is 0 Å². The molecule has 1 rings (SSSR count). The molecule has 0 aromatic heterocycles. The summed E-state index contributed by atoms with van der Waals surface area (Å²) in [4.78, 5) is 12.9. The molecule has 88 valence electrons. The van der Waals surface area contributed by atoms with Gasteiger partial charge in [-0.1, -0.05) is 0 Å². The Morgan fingerprint density at radius 2 is 2.40 bits per heavy atom. The van der Waals surface area contributed by atoms with Gasteiger partial charge in [-0.25, -0.2) is 0 Å². The van der Waals surface area contributed by atoms with Crippen molar-refractivity contribution in [3.63, 3.8) is 0 Å². The minimum absolute atomic E-state index is 0.200. The zero-order chi connectivity index (χ0) is 11.1. The van der Waals surface area contributed by atoms with Crippen LogP contribution in [0.3, 0.4) is 0 Å². The first-order valence-corrected chi connectivity index (χ1v) is 5.86. The predicted molar refractivity (Wildman–Crippen MR) is 61.5 cm³/mol. The molecule has 1 aliphatic rings. The smallest absolute Gasteiger partial charge is 0.217 e. The molecule has 1 amide bonds. The molecule has 3 N–H and O–H groups in total. The number of nitrogens with zero attached hydrogens (tertiary/aromatic N) is 1. The van der Waals surface area contributed by atoms with Crippen LogP contribution in [0.4, 0.5) is 0 Å². The second-order valence-corrected chi connectivity index (χ2v) is 4.54. The average Bonchev–Trinajstić information content (AvgIpc) is 2.17. The van der Waals surface area contributed by atoms with Gasteiger partial charge in [-0.05, 0) is 51.9 Å². The molecular formula is C11H23N3O. The molecule has 1 heterocycles. The summed E-state index contributed by atoms with van der Waals surface area (Å²) >= 11 is 0. The van der Waals surface area contributed by atoms with Crippen LogP contribution in [-0.2, 0) is 4.79 Å². The topological polar surface area (TPSA) is 58.4 Å². The first kappa shape index (κ1) is 12.5. The summed E-state index contributed by atoms with van der Waals surface area (Å²) in [7, 11) is 2.18. The standard InChI is InChI=1S/C11H23N3O/c1-14-7-3-4-10(9-14)8-13-6-2-5-11(12)15/h10,13H,2-9H2,1H3,(H2,12,15). The third kappa shape index (κ3) is 5.74. The van der Waals surface area contributed by atoms with Crippen LogP contribution in [0.25, 0.3) is 0 Å². The summed E-state index contributed by atoms with van der Waals surface area (Å²) in [6, 6.07) is 0. The quantitative estimate of drug-likeness (QED) is 0.619. The van der Waals surface area contributed by atoms with E-state index in [0.717, 1.165) is 25.4 Å². The minimum atomic E-state index is -0.200. The van der Waals surface area contributed by atoms with Crippen LogP contribution in [0.15, 0.2) is 0 Å². The number of hydrogen-bond donors (Lipinski definition) is 2. The highest BCUT2D eigenvalue weighted by molar-refractivity contribution is 5.73. The summed E-state index contributed by atoms with van der Waals surface area (Å²) in [6.07, 6.45) is 3.99. The van der Waals surface area contributed by atoms with E-state index in [1.54, 1.807) is 0 Å². The number of carbonyl (C=O) groups is 1. The van der Waals surface area contributed by atoms with Gasteiger partial charge in [0.15, 0.2) is 0 Å². The summed E-state index contributed by atoms with van der Waals surface area (Å²) in [6.45, 7) is 4.41. The highest BCUT2D eigenvalue weighted by atomic mass is 16.1. The molecule has 1 fully saturated rings. The van der Waals surface area contributed by atoms with Crippen LogP contribution >= 0.6 is 0 Å². The number of nitrogens with two attached hydrogens (primary N) is 1. The molecule has 15 heavy (non-hydrogen) atoms. The zero-order valence-electron chi connectivity index (χ0n) is 9.67. The Morgan fingerprint density at radius 3 is 3.07 bits per heavy atom. The van der Waals surface area contributed by atoms with Gasteiger partial charge in [0.1, 0.15) is 0 Å². The normalized spacial score (nSPS) is 22.9. The van der Waals surface area contributed by atoms with E-state index in [1.165, 1.54) is 25.9 Å². The second-order valence-electron chi connectivity index (χ2n) is 4.54. The van der Waals surface area contributed by atoms with Crippen molar-refractivity contribution in [1.82, 2.24) is 10.2 Å². The van der Waals surface area contributed by atoms with E-state index in [0.29, 0.717) is 6.42 Å². The Morgan fingerprint density at radius 1 is 1.60 bits per heavy atom. The number of rotatable bonds is 6. The molecule has 1 aliphatic heterocycles. The molecule has 4 heteroatoms. The van der Waals surface area contributed by atoms with Crippen molar-refractivity contribution >= 4 is 5.91 Å². The van der Waals surface area contributed by atoms with Gasteiger partial charge in [0, 0.05) is 13.0 Å². The number of hydrogen-bond acceptors (Lipinski definition) is 3. The summed E-state index contributed by atoms with van der Waals surface area (Å²) in [5, 5.41) is 3.40. The largest absolute Gasteiger partial charge is 0.370 e. The zero-order valence-corrected chi connectivity index (χ0v) is 9.67. The van der Waals surface area contributed by atoms with Crippen molar-refractivity contribution in [1.29, 1.82) is 0 Å². The molecule has 0 bridgehead atoms. The molecular weight excluding hydrogens is 190 g/mol. The number of piperidine rings is 1. The number of amides is 1. The van der Waals surface area contributed by atoms with Crippen LogP contribution < -0.4 is 11.1 Å². The third-order valence-corrected chi connectivity index (χ3v) is 2.93. The van der Waals surface area contributed by atoms with E-state index in [9.17, 15) is 4.79 Å². The Bertz CT molecular complexity index is 196. The van der Waals surface area contributed by atoms with Crippen molar-refractivity contribution in [2.75, 3.05) is 33.2 Å². The Labute approximate surface area is 92.2 Å². The van der Waals surface area contributed by atoms with Gasteiger partial charge in [0.2, 0.25) is 5.91 Å². The lowest BCUT2D eigenvalue weighted by Gasteiger charge is -2.29. The SMILES string of the molecule is CN1CCCC(CNCCCC(N)=O)C1. The lowest BCUT2D eigenvalue weighted by atomic mass is 9.98. The summed E-state index contributed by atoms with van der Waals surface area (Å²) in [5.41, 5.74) is 5.06. The van der Waals surface area contributed by atoms with Crippen molar-refractivity contribution in [2.24, 2.45) is 11.7 Å².